The number of nitrogens with zero attached hydrogens (tertiary/aromatic N) is 4. The van der Waals surface area contributed by atoms with Crippen LogP contribution >= 0.6 is 0 Å². The van der Waals surface area contributed by atoms with E-state index >= 15 is 0 Å². The minimum Gasteiger partial charge on any atom is -0.377 e. The van der Waals surface area contributed by atoms with Gasteiger partial charge in [0.15, 0.2) is 0 Å². The third-order valence-electron chi connectivity index (χ3n) is 7.24. The molecule has 6 rings (SSSR count). The number of fused-ring (bicyclic) bond motifs is 3. The highest BCUT2D eigenvalue weighted by molar-refractivity contribution is 5.99. The second-order valence-electron chi connectivity index (χ2n) is 9.27. The Balaban J connectivity index is 1.17. The van der Waals surface area contributed by atoms with Gasteiger partial charge in [0.25, 0.3) is 5.91 Å². The number of amides is 3. The molecule has 0 spiro atoms. The Bertz CT molecular complexity index is 1140. The van der Waals surface area contributed by atoms with Crippen molar-refractivity contribution in [2.24, 2.45) is 0 Å². The van der Waals surface area contributed by atoms with Crippen LogP contribution < -0.4 is 5.32 Å². The lowest BCUT2D eigenvalue weighted by molar-refractivity contribution is -0.159. The predicted molar refractivity (Wildman–Crippen MR) is 109 cm³/mol. The first-order valence-corrected chi connectivity index (χ1v) is 11.3. The number of hydrogen-bond donors (Lipinski definition) is 1. The van der Waals surface area contributed by atoms with E-state index in [0.717, 1.165) is 31.2 Å². The first-order chi connectivity index (χ1) is 16.3. The fraction of sp³-hybridized carbons (Fsp3) is 0.545. The zero-order chi connectivity index (χ0) is 23.6. The summed E-state index contributed by atoms with van der Waals surface area (Å²) in [6.45, 7) is 1.50. The number of aromatic nitrogens is 2. The molecule has 2 aromatic rings. The maximum absolute atomic E-state index is 13.3. The van der Waals surface area contributed by atoms with E-state index in [-0.39, 0.29) is 47.5 Å². The van der Waals surface area contributed by atoms with Gasteiger partial charge in [0.05, 0.1) is 37.4 Å². The van der Waals surface area contributed by atoms with Gasteiger partial charge in [-0.1, -0.05) is 17.3 Å². The van der Waals surface area contributed by atoms with Gasteiger partial charge < -0.3 is 24.4 Å². The molecule has 3 unspecified atom stereocenters. The molecule has 4 aliphatic rings. The number of benzene rings is 1. The van der Waals surface area contributed by atoms with Crippen molar-refractivity contribution in [3.05, 3.63) is 35.2 Å². The summed E-state index contributed by atoms with van der Waals surface area (Å²) in [5.74, 6) is -1.87. The van der Waals surface area contributed by atoms with Crippen LogP contribution in [0.3, 0.4) is 0 Å². The molecule has 180 valence electrons. The third kappa shape index (κ3) is 3.42. The fourth-order valence-corrected chi connectivity index (χ4v) is 5.57. The second kappa shape index (κ2) is 7.69. The highest BCUT2D eigenvalue weighted by atomic mass is 19.4. The van der Waals surface area contributed by atoms with Crippen molar-refractivity contribution < 1.29 is 32.0 Å². The molecule has 9 nitrogen and oxygen atoms in total. The SMILES string of the molecule is O=C1c2cc(-c3noc(C(F)(F)F)n3)ccc2CN1C1CCC[C@H]1NC(=O)N1C2COCC1C2. The van der Waals surface area contributed by atoms with E-state index in [2.05, 4.69) is 20.0 Å². The average Bonchev–Trinajstić information content (AvgIpc) is 3.53. The number of alkyl halides is 3. The molecule has 0 radical (unpaired) electrons. The van der Waals surface area contributed by atoms with E-state index in [4.69, 9.17) is 4.74 Å². The summed E-state index contributed by atoms with van der Waals surface area (Å²) >= 11 is 0. The molecule has 1 saturated carbocycles. The van der Waals surface area contributed by atoms with Crippen LogP contribution in [0.2, 0.25) is 0 Å². The van der Waals surface area contributed by atoms with Crippen LogP contribution in [0.5, 0.6) is 0 Å². The number of carbonyl (C=O) groups excluding carboxylic acids is 2. The number of morpholine rings is 1. The maximum atomic E-state index is 13.3. The minimum absolute atomic E-state index is 0.106. The highest BCUT2D eigenvalue weighted by Gasteiger charge is 2.47. The lowest BCUT2D eigenvalue weighted by atomic mass is 9.92. The lowest BCUT2D eigenvalue weighted by Gasteiger charge is -2.52. The molecule has 1 aromatic carbocycles. The molecule has 3 fully saturated rings. The molecule has 1 aromatic heterocycles. The van der Waals surface area contributed by atoms with Gasteiger partial charge in [-0.15, -0.1) is 0 Å². The van der Waals surface area contributed by atoms with Crippen LogP contribution in [0.25, 0.3) is 11.4 Å². The number of hydrogen-bond acceptors (Lipinski definition) is 6. The Morgan fingerprint density at radius 1 is 1.18 bits per heavy atom. The number of carbonyl (C=O) groups is 2. The van der Waals surface area contributed by atoms with Gasteiger partial charge in [-0.3, -0.25) is 4.79 Å². The topological polar surface area (TPSA) is 101 Å². The molecule has 12 heteroatoms. The molecule has 4 heterocycles. The first-order valence-electron chi connectivity index (χ1n) is 11.3. The molecule has 3 amide bonds. The Morgan fingerprint density at radius 2 is 1.97 bits per heavy atom. The highest BCUT2D eigenvalue weighted by Crippen LogP contribution is 2.36. The standard InChI is InChI=1S/C22H22F3N5O4/c23-22(24,25)20-27-18(28-34-20)11-4-5-12-8-29(19(31)15(12)6-11)17-3-1-2-16(17)26-21(32)30-13-7-14(30)10-33-9-13/h4-6,13-14,16-17H,1-3,7-10H2,(H,26,32)/t13?,14?,16-,17?/m1/s1. The zero-order valence-corrected chi connectivity index (χ0v) is 18.0. The van der Waals surface area contributed by atoms with E-state index in [1.807, 2.05) is 4.90 Å². The number of halogens is 3. The maximum Gasteiger partial charge on any atom is 0.471 e. The van der Waals surface area contributed by atoms with Gasteiger partial charge in [-0.05, 0) is 37.3 Å². The quantitative estimate of drug-likeness (QED) is 0.730. The Hall–Kier alpha value is -3.15. The van der Waals surface area contributed by atoms with E-state index in [1.54, 1.807) is 17.0 Å². The molecule has 34 heavy (non-hydrogen) atoms. The van der Waals surface area contributed by atoms with Crippen LogP contribution in [0.4, 0.5) is 18.0 Å². The number of nitrogens with one attached hydrogen (secondary N) is 1. The Kier molecular flexibility index (Phi) is 4.84. The van der Waals surface area contributed by atoms with E-state index in [9.17, 15) is 22.8 Å². The Morgan fingerprint density at radius 3 is 2.68 bits per heavy atom. The smallest absolute Gasteiger partial charge is 0.377 e. The molecule has 4 atom stereocenters. The van der Waals surface area contributed by atoms with Crippen molar-refractivity contribution >= 4 is 11.9 Å². The van der Waals surface area contributed by atoms with Crippen molar-refractivity contribution in [1.82, 2.24) is 25.3 Å². The van der Waals surface area contributed by atoms with Gasteiger partial charge >= 0.3 is 18.1 Å². The monoisotopic (exact) mass is 477 g/mol. The molecule has 3 aliphatic heterocycles. The lowest BCUT2D eigenvalue weighted by Crippen LogP contribution is -2.68. The molecule has 1 aliphatic carbocycles. The second-order valence-corrected chi connectivity index (χ2v) is 9.27. The van der Waals surface area contributed by atoms with Crippen LogP contribution in [0.15, 0.2) is 22.7 Å². The van der Waals surface area contributed by atoms with Crippen LogP contribution in [-0.4, -0.2) is 69.3 Å². The molecule has 1 N–H and O–H groups in total. The van der Waals surface area contributed by atoms with Crippen molar-refractivity contribution in [2.75, 3.05) is 13.2 Å². The summed E-state index contributed by atoms with van der Waals surface area (Å²) in [7, 11) is 0. The predicted octanol–water partition coefficient (Wildman–Crippen LogP) is 2.82. The minimum atomic E-state index is -4.74. The summed E-state index contributed by atoms with van der Waals surface area (Å²) in [5, 5.41) is 6.54. The van der Waals surface area contributed by atoms with Crippen LogP contribution in [0.1, 0.15) is 47.5 Å². The number of ether oxygens (including phenoxy) is 1. The largest absolute Gasteiger partial charge is 0.471 e. The van der Waals surface area contributed by atoms with Crippen LogP contribution in [0, 0.1) is 0 Å². The van der Waals surface area contributed by atoms with Gasteiger partial charge in [-0.25, -0.2) is 4.79 Å². The molecule has 2 bridgehead atoms. The van der Waals surface area contributed by atoms with Crippen LogP contribution in [-0.2, 0) is 17.5 Å². The average molecular weight is 477 g/mol. The molecular formula is C22H22F3N5O4. The zero-order valence-electron chi connectivity index (χ0n) is 18.0. The summed E-state index contributed by atoms with van der Waals surface area (Å²) in [6, 6.07) is 4.63. The molecular weight excluding hydrogens is 455 g/mol. The number of rotatable bonds is 3. The van der Waals surface area contributed by atoms with Gasteiger partial charge in [0.2, 0.25) is 5.82 Å². The van der Waals surface area contributed by atoms with Gasteiger partial charge in [0.1, 0.15) is 0 Å². The first kappa shape index (κ1) is 21.4. The molecule has 2 saturated heterocycles. The fourth-order valence-electron chi connectivity index (χ4n) is 5.57. The normalized spacial score (nSPS) is 28.1. The summed E-state index contributed by atoms with van der Waals surface area (Å²) < 4.78 is 48.1. The number of urea groups is 1. The van der Waals surface area contributed by atoms with Gasteiger partial charge in [-0.2, -0.15) is 18.2 Å². The van der Waals surface area contributed by atoms with E-state index in [1.165, 1.54) is 6.07 Å². The summed E-state index contributed by atoms with van der Waals surface area (Å²) in [4.78, 5) is 33.2. The van der Waals surface area contributed by atoms with E-state index in [0.29, 0.717) is 25.3 Å². The Labute approximate surface area is 192 Å². The van der Waals surface area contributed by atoms with Crippen molar-refractivity contribution in [3.8, 4) is 11.4 Å². The van der Waals surface area contributed by atoms with Gasteiger partial charge in [0, 0.05) is 17.7 Å². The van der Waals surface area contributed by atoms with Crippen molar-refractivity contribution in [2.45, 2.75) is 62.6 Å². The summed E-state index contributed by atoms with van der Waals surface area (Å²) in [6.07, 6.45) is -1.33. The van der Waals surface area contributed by atoms with Crippen molar-refractivity contribution in [1.29, 1.82) is 0 Å². The third-order valence-corrected chi connectivity index (χ3v) is 7.24. The summed E-state index contributed by atoms with van der Waals surface area (Å²) in [5.41, 5.74) is 1.46. The van der Waals surface area contributed by atoms with E-state index < -0.39 is 12.1 Å². The van der Waals surface area contributed by atoms with Crippen molar-refractivity contribution in [3.63, 3.8) is 0 Å².